The first kappa shape index (κ1) is 18.7. The molecule has 1 aromatic carbocycles. The SMILES string of the molecule is CCC(=O)NCc1ccc(C(=O)NC(C(=O)O)C(C)CC)cc1. The third-order valence-corrected chi connectivity index (χ3v) is 3.79. The second-order valence-corrected chi connectivity index (χ2v) is 5.50. The van der Waals surface area contributed by atoms with E-state index >= 15 is 0 Å². The summed E-state index contributed by atoms with van der Waals surface area (Å²) < 4.78 is 0. The van der Waals surface area contributed by atoms with Crippen molar-refractivity contribution in [3.63, 3.8) is 0 Å². The summed E-state index contributed by atoms with van der Waals surface area (Å²) in [5.74, 6) is -1.64. The van der Waals surface area contributed by atoms with Crippen LogP contribution in [0.25, 0.3) is 0 Å². The minimum absolute atomic E-state index is 0.0373. The lowest BCUT2D eigenvalue weighted by Crippen LogP contribution is -2.45. The molecule has 2 atom stereocenters. The van der Waals surface area contributed by atoms with Gasteiger partial charge in [-0.3, -0.25) is 9.59 Å². The Hall–Kier alpha value is -2.37. The van der Waals surface area contributed by atoms with Gasteiger partial charge in [-0.1, -0.05) is 39.3 Å². The number of carboxylic acids is 1. The Balaban J connectivity index is 2.69. The van der Waals surface area contributed by atoms with Gasteiger partial charge in [0.1, 0.15) is 6.04 Å². The Bertz CT molecular complexity index is 554. The molecule has 6 nitrogen and oxygen atoms in total. The Morgan fingerprint density at radius 3 is 2.22 bits per heavy atom. The van der Waals surface area contributed by atoms with Crippen LogP contribution in [-0.2, 0) is 16.1 Å². The van der Waals surface area contributed by atoms with Crippen LogP contribution >= 0.6 is 0 Å². The van der Waals surface area contributed by atoms with Crippen molar-refractivity contribution in [2.75, 3.05) is 0 Å². The second kappa shape index (κ2) is 8.92. The summed E-state index contributed by atoms with van der Waals surface area (Å²) in [5, 5.41) is 14.5. The third-order valence-electron chi connectivity index (χ3n) is 3.79. The van der Waals surface area contributed by atoms with E-state index in [4.69, 9.17) is 0 Å². The molecule has 2 unspecified atom stereocenters. The summed E-state index contributed by atoms with van der Waals surface area (Å²) in [4.78, 5) is 34.6. The molecule has 1 rings (SSSR count). The van der Waals surface area contributed by atoms with Crippen molar-refractivity contribution in [3.8, 4) is 0 Å². The van der Waals surface area contributed by atoms with E-state index in [1.165, 1.54) is 0 Å². The number of aliphatic carboxylic acids is 1. The van der Waals surface area contributed by atoms with Gasteiger partial charge in [0.05, 0.1) is 0 Å². The highest BCUT2D eigenvalue weighted by Gasteiger charge is 2.25. The Kier molecular flexibility index (Phi) is 7.25. The zero-order valence-corrected chi connectivity index (χ0v) is 13.8. The maximum Gasteiger partial charge on any atom is 0.326 e. The molecule has 0 saturated heterocycles. The third kappa shape index (κ3) is 5.73. The van der Waals surface area contributed by atoms with Crippen LogP contribution in [0.1, 0.15) is 49.5 Å². The molecule has 3 N–H and O–H groups in total. The molecule has 0 bridgehead atoms. The second-order valence-electron chi connectivity index (χ2n) is 5.50. The molecule has 1 aromatic rings. The average Bonchev–Trinajstić information content (AvgIpc) is 2.56. The van der Waals surface area contributed by atoms with Gasteiger partial charge in [0.25, 0.3) is 5.91 Å². The lowest BCUT2D eigenvalue weighted by atomic mass is 9.99. The van der Waals surface area contributed by atoms with Crippen LogP contribution in [0.4, 0.5) is 0 Å². The molecule has 0 spiro atoms. The van der Waals surface area contributed by atoms with Crippen molar-refractivity contribution in [1.82, 2.24) is 10.6 Å². The Labute approximate surface area is 136 Å². The normalized spacial score (nSPS) is 13.0. The average molecular weight is 320 g/mol. The molecule has 126 valence electrons. The van der Waals surface area contributed by atoms with Gasteiger partial charge in [-0.25, -0.2) is 4.79 Å². The van der Waals surface area contributed by atoms with E-state index in [-0.39, 0.29) is 11.8 Å². The van der Waals surface area contributed by atoms with Crippen LogP contribution in [0.15, 0.2) is 24.3 Å². The van der Waals surface area contributed by atoms with Gasteiger partial charge in [0.2, 0.25) is 5.91 Å². The number of hydrogen-bond donors (Lipinski definition) is 3. The molecule has 23 heavy (non-hydrogen) atoms. The minimum Gasteiger partial charge on any atom is -0.480 e. The molecule has 0 radical (unpaired) electrons. The summed E-state index contributed by atoms with van der Waals surface area (Å²) in [7, 11) is 0. The summed E-state index contributed by atoms with van der Waals surface area (Å²) in [6.07, 6.45) is 1.08. The molecule has 0 aliphatic carbocycles. The number of hydrogen-bond acceptors (Lipinski definition) is 3. The number of benzene rings is 1. The first-order valence-corrected chi connectivity index (χ1v) is 7.78. The maximum atomic E-state index is 12.2. The molecular formula is C17H24N2O4. The molecule has 2 amide bonds. The van der Waals surface area contributed by atoms with Crippen molar-refractivity contribution in [2.24, 2.45) is 5.92 Å². The number of rotatable bonds is 8. The van der Waals surface area contributed by atoms with Crippen molar-refractivity contribution in [1.29, 1.82) is 0 Å². The van der Waals surface area contributed by atoms with Gasteiger partial charge in [-0.15, -0.1) is 0 Å². The van der Waals surface area contributed by atoms with Crippen LogP contribution in [0.2, 0.25) is 0 Å². The standard InChI is InChI=1S/C17H24N2O4/c1-4-11(3)15(17(22)23)19-16(21)13-8-6-12(7-9-13)10-18-14(20)5-2/h6-9,11,15H,4-5,10H2,1-3H3,(H,18,20)(H,19,21)(H,22,23). The molecule has 0 saturated carbocycles. The van der Waals surface area contributed by atoms with E-state index in [1.54, 1.807) is 38.1 Å². The van der Waals surface area contributed by atoms with Gasteiger partial charge < -0.3 is 15.7 Å². The van der Waals surface area contributed by atoms with Crippen molar-refractivity contribution >= 4 is 17.8 Å². The van der Waals surface area contributed by atoms with E-state index in [0.29, 0.717) is 24.9 Å². The highest BCUT2D eigenvalue weighted by molar-refractivity contribution is 5.96. The fraction of sp³-hybridized carbons (Fsp3) is 0.471. The largest absolute Gasteiger partial charge is 0.480 e. The number of carboxylic acid groups (broad SMARTS) is 1. The number of carbonyl (C=O) groups excluding carboxylic acids is 2. The van der Waals surface area contributed by atoms with Crippen LogP contribution < -0.4 is 10.6 Å². The van der Waals surface area contributed by atoms with Crippen molar-refractivity contribution in [2.45, 2.75) is 46.2 Å². The van der Waals surface area contributed by atoms with E-state index in [0.717, 1.165) is 5.56 Å². The smallest absolute Gasteiger partial charge is 0.326 e. The van der Waals surface area contributed by atoms with Crippen LogP contribution in [-0.4, -0.2) is 28.9 Å². The molecule has 0 aromatic heterocycles. The number of carbonyl (C=O) groups is 3. The fourth-order valence-corrected chi connectivity index (χ4v) is 2.01. The quantitative estimate of drug-likeness (QED) is 0.682. The maximum absolute atomic E-state index is 12.2. The summed E-state index contributed by atoms with van der Waals surface area (Å²) in [6.45, 7) is 5.85. The zero-order chi connectivity index (χ0) is 17.4. The van der Waals surface area contributed by atoms with Gasteiger partial charge in [-0.2, -0.15) is 0 Å². The lowest BCUT2D eigenvalue weighted by molar-refractivity contribution is -0.140. The first-order valence-electron chi connectivity index (χ1n) is 7.78. The van der Waals surface area contributed by atoms with Gasteiger partial charge in [-0.05, 0) is 23.6 Å². The summed E-state index contributed by atoms with van der Waals surface area (Å²) in [6, 6.07) is 5.82. The van der Waals surface area contributed by atoms with Crippen LogP contribution in [0.5, 0.6) is 0 Å². The molecule has 0 aliphatic heterocycles. The number of amides is 2. The van der Waals surface area contributed by atoms with Crippen LogP contribution in [0, 0.1) is 5.92 Å². The van der Waals surface area contributed by atoms with E-state index in [9.17, 15) is 19.5 Å². The van der Waals surface area contributed by atoms with Crippen molar-refractivity contribution in [3.05, 3.63) is 35.4 Å². The summed E-state index contributed by atoms with van der Waals surface area (Å²) >= 11 is 0. The van der Waals surface area contributed by atoms with E-state index in [2.05, 4.69) is 10.6 Å². The minimum atomic E-state index is -1.04. The molecular weight excluding hydrogens is 296 g/mol. The molecule has 6 heteroatoms. The Morgan fingerprint density at radius 1 is 1.13 bits per heavy atom. The van der Waals surface area contributed by atoms with Gasteiger partial charge in [0.15, 0.2) is 0 Å². The fourth-order valence-electron chi connectivity index (χ4n) is 2.01. The predicted molar refractivity (Wildman–Crippen MR) is 86.9 cm³/mol. The topological polar surface area (TPSA) is 95.5 Å². The zero-order valence-electron chi connectivity index (χ0n) is 13.8. The lowest BCUT2D eigenvalue weighted by Gasteiger charge is -2.20. The van der Waals surface area contributed by atoms with Crippen molar-refractivity contribution < 1.29 is 19.5 Å². The molecule has 0 fully saturated rings. The molecule has 0 heterocycles. The predicted octanol–water partition coefficient (Wildman–Crippen LogP) is 1.94. The first-order chi connectivity index (χ1) is 10.9. The summed E-state index contributed by atoms with van der Waals surface area (Å²) in [5.41, 5.74) is 1.27. The highest BCUT2D eigenvalue weighted by Crippen LogP contribution is 2.10. The van der Waals surface area contributed by atoms with E-state index in [1.807, 2.05) is 6.92 Å². The van der Waals surface area contributed by atoms with Gasteiger partial charge >= 0.3 is 5.97 Å². The Morgan fingerprint density at radius 2 is 1.74 bits per heavy atom. The molecule has 0 aliphatic rings. The van der Waals surface area contributed by atoms with Gasteiger partial charge in [0, 0.05) is 18.5 Å². The van der Waals surface area contributed by atoms with E-state index < -0.39 is 17.9 Å². The monoisotopic (exact) mass is 320 g/mol. The number of nitrogens with one attached hydrogen (secondary N) is 2. The highest BCUT2D eigenvalue weighted by atomic mass is 16.4. The van der Waals surface area contributed by atoms with Crippen LogP contribution in [0.3, 0.4) is 0 Å².